The molecule has 0 atom stereocenters. The number of nitrogens with one attached hydrogen (secondary N) is 1. The normalized spacial score (nSPS) is 10.6. The molecule has 4 nitrogen and oxygen atoms in total. The minimum Gasteiger partial charge on any atom is -0.348 e. The highest BCUT2D eigenvalue weighted by molar-refractivity contribution is 7.80. The van der Waals surface area contributed by atoms with E-state index in [2.05, 4.69) is 48.8 Å². The summed E-state index contributed by atoms with van der Waals surface area (Å²) in [4.78, 5) is 2.04. The minimum absolute atomic E-state index is 0.648. The second kappa shape index (κ2) is 8.93. The second-order valence-corrected chi connectivity index (χ2v) is 7.64. The topological polar surface area (TPSA) is 33.1 Å². The van der Waals surface area contributed by atoms with Gasteiger partial charge in [0.2, 0.25) is 0 Å². The van der Waals surface area contributed by atoms with Crippen LogP contribution in [0, 0.1) is 6.92 Å². The van der Waals surface area contributed by atoms with E-state index in [1.165, 1.54) is 0 Å². The summed E-state index contributed by atoms with van der Waals surface area (Å²) in [6, 6.07) is 28.6. The van der Waals surface area contributed by atoms with Gasteiger partial charge in [0.15, 0.2) is 5.11 Å². The maximum atomic E-state index is 5.67. The molecule has 4 rings (SSSR count). The van der Waals surface area contributed by atoms with Gasteiger partial charge in [-0.2, -0.15) is 5.10 Å². The first kappa shape index (κ1) is 19.9. The fraction of sp³-hybridized carbons (Fsp3) is 0.120. The van der Waals surface area contributed by atoms with E-state index in [0.29, 0.717) is 11.7 Å². The molecule has 1 aromatic heterocycles. The van der Waals surface area contributed by atoms with E-state index in [1.807, 2.05) is 71.2 Å². The highest BCUT2D eigenvalue weighted by Gasteiger charge is 2.15. The van der Waals surface area contributed by atoms with Crippen LogP contribution in [0.5, 0.6) is 0 Å². The summed E-state index contributed by atoms with van der Waals surface area (Å²) in [6.07, 6.45) is 2.09. The number of para-hydroxylation sites is 2. The van der Waals surface area contributed by atoms with Crippen molar-refractivity contribution in [3.05, 3.63) is 102 Å². The van der Waals surface area contributed by atoms with Gasteiger partial charge in [-0.05, 0) is 42.9 Å². The van der Waals surface area contributed by atoms with Crippen molar-refractivity contribution in [2.45, 2.75) is 13.5 Å². The largest absolute Gasteiger partial charge is 0.348 e. The van der Waals surface area contributed by atoms with Crippen LogP contribution in [-0.2, 0) is 6.54 Å². The molecule has 30 heavy (non-hydrogen) atoms. The highest BCUT2D eigenvalue weighted by Crippen LogP contribution is 2.25. The number of hydrogen-bond acceptors (Lipinski definition) is 2. The molecule has 1 N–H and O–H groups in total. The summed E-state index contributed by atoms with van der Waals surface area (Å²) in [6.45, 7) is 2.72. The minimum atomic E-state index is 0.648. The van der Waals surface area contributed by atoms with Crippen molar-refractivity contribution >= 4 is 23.0 Å². The molecule has 4 aromatic rings. The van der Waals surface area contributed by atoms with Gasteiger partial charge in [-0.1, -0.05) is 66.7 Å². The van der Waals surface area contributed by atoms with E-state index >= 15 is 0 Å². The van der Waals surface area contributed by atoms with Crippen molar-refractivity contribution in [2.24, 2.45) is 0 Å². The molecule has 0 unspecified atom stereocenters. The molecule has 0 aliphatic carbocycles. The van der Waals surface area contributed by atoms with Crippen LogP contribution in [-0.4, -0.2) is 26.8 Å². The van der Waals surface area contributed by atoms with E-state index in [9.17, 15) is 0 Å². The zero-order chi connectivity index (χ0) is 20.9. The molecule has 0 radical (unpaired) electrons. The maximum Gasteiger partial charge on any atom is 0.173 e. The number of rotatable bonds is 5. The molecule has 0 saturated heterocycles. The number of aryl methyl sites for hydroxylation is 1. The zero-order valence-corrected chi connectivity index (χ0v) is 17.9. The number of hydrogen-bond donors (Lipinski definition) is 1. The van der Waals surface area contributed by atoms with Crippen LogP contribution in [0.2, 0.25) is 0 Å². The van der Waals surface area contributed by atoms with Gasteiger partial charge in [0, 0.05) is 36.6 Å². The maximum absolute atomic E-state index is 5.67. The fourth-order valence-corrected chi connectivity index (χ4v) is 3.50. The Kier molecular flexibility index (Phi) is 5.91. The summed E-state index contributed by atoms with van der Waals surface area (Å²) < 4.78 is 1.93. The van der Waals surface area contributed by atoms with Crippen molar-refractivity contribution in [3.8, 4) is 16.9 Å². The van der Waals surface area contributed by atoms with Gasteiger partial charge in [0.05, 0.1) is 11.4 Å². The Morgan fingerprint density at radius 2 is 1.57 bits per heavy atom. The van der Waals surface area contributed by atoms with Crippen molar-refractivity contribution < 1.29 is 0 Å². The lowest BCUT2D eigenvalue weighted by Gasteiger charge is -2.21. The van der Waals surface area contributed by atoms with Gasteiger partial charge in [-0.3, -0.25) is 0 Å². The van der Waals surface area contributed by atoms with Gasteiger partial charge in [0.1, 0.15) is 0 Å². The molecular formula is C25H24N4S. The molecule has 5 heteroatoms. The lowest BCUT2D eigenvalue weighted by molar-refractivity contribution is 0.509. The average molecular weight is 413 g/mol. The number of anilines is 1. The molecule has 0 bridgehead atoms. The second-order valence-electron chi connectivity index (χ2n) is 7.25. The summed E-state index contributed by atoms with van der Waals surface area (Å²) in [5.41, 5.74) is 6.39. The Bertz CT molecular complexity index is 1140. The monoisotopic (exact) mass is 412 g/mol. The SMILES string of the molecule is Cc1ccccc1NC(=S)N(C)Cc1cn(-c2ccccc2)nc1-c1ccccc1. The van der Waals surface area contributed by atoms with Crippen LogP contribution in [0.1, 0.15) is 11.1 Å². The van der Waals surface area contributed by atoms with Gasteiger partial charge < -0.3 is 10.2 Å². The first-order valence-electron chi connectivity index (χ1n) is 9.89. The molecule has 0 spiro atoms. The molecule has 1 heterocycles. The lowest BCUT2D eigenvalue weighted by atomic mass is 10.1. The Balaban J connectivity index is 1.61. The Morgan fingerprint density at radius 3 is 2.27 bits per heavy atom. The third-order valence-corrected chi connectivity index (χ3v) is 5.41. The van der Waals surface area contributed by atoms with Crippen LogP contribution in [0.3, 0.4) is 0 Å². The van der Waals surface area contributed by atoms with E-state index in [4.69, 9.17) is 17.3 Å². The third-order valence-electron chi connectivity index (χ3n) is 5.00. The smallest absolute Gasteiger partial charge is 0.173 e. The Morgan fingerprint density at radius 1 is 0.933 bits per heavy atom. The Labute approximate surface area is 182 Å². The van der Waals surface area contributed by atoms with Crippen LogP contribution >= 0.6 is 12.2 Å². The summed E-state index contributed by atoms with van der Waals surface area (Å²) in [5.74, 6) is 0. The Hall–Kier alpha value is -3.44. The van der Waals surface area contributed by atoms with Gasteiger partial charge in [-0.15, -0.1) is 0 Å². The lowest BCUT2D eigenvalue weighted by Crippen LogP contribution is -2.30. The number of nitrogens with zero attached hydrogens (tertiary/aromatic N) is 3. The van der Waals surface area contributed by atoms with Crippen molar-refractivity contribution in [1.29, 1.82) is 0 Å². The van der Waals surface area contributed by atoms with Crippen molar-refractivity contribution in [1.82, 2.24) is 14.7 Å². The van der Waals surface area contributed by atoms with Crippen LogP contribution in [0.25, 0.3) is 16.9 Å². The van der Waals surface area contributed by atoms with E-state index in [1.54, 1.807) is 0 Å². The molecule has 150 valence electrons. The van der Waals surface area contributed by atoms with Gasteiger partial charge in [-0.25, -0.2) is 4.68 Å². The molecule has 3 aromatic carbocycles. The first-order chi connectivity index (χ1) is 14.6. The highest BCUT2D eigenvalue weighted by atomic mass is 32.1. The van der Waals surface area contributed by atoms with E-state index in [0.717, 1.165) is 33.8 Å². The quantitative estimate of drug-likeness (QED) is 0.428. The molecule has 0 saturated carbocycles. The van der Waals surface area contributed by atoms with E-state index < -0.39 is 0 Å². The van der Waals surface area contributed by atoms with Gasteiger partial charge >= 0.3 is 0 Å². The zero-order valence-electron chi connectivity index (χ0n) is 17.1. The van der Waals surface area contributed by atoms with Crippen LogP contribution < -0.4 is 5.32 Å². The van der Waals surface area contributed by atoms with Crippen LogP contribution in [0.4, 0.5) is 5.69 Å². The van der Waals surface area contributed by atoms with Crippen molar-refractivity contribution in [2.75, 3.05) is 12.4 Å². The number of aromatic nitrogens is 2. The summed E-state index contributed by atoms with van der Waals surface area (Å²) >= 11 is 5.67. The summed E-state index contributed by atoms with van der Waals surface area (Å²) in [5, 5.41) is 8.92. The van der Waals surface area contributed by atoms with Gasteiger partial charge in [0.25, 0.3) is 0 Å². The predicted octanol–water partition coefficient (Wildman–Crippen LogP) is 5.68. The standard InChI is InChI=1S/C25H24N4S/c1-19-11-9-10-16-23(19)26-25(30)28(2)17-21-18-29(22-14-7-4-8-15-22)27-24(21)20-12-5-3-6-13-20/h3-16,18H,17H2,1-2H3,(H,26,30). The van der Waals surface area contributed by atoms with Crippen LogP contribution in [0.15, 0.2) is 91.1 Å². The molecule has 0 fully saturated rings. The average Bonchev–Trinajstić information content (AvgIpc) is 3.20. The first-order valence-corrected chi connectivity index (χ1v) is 10.3. The number of benzene rings is 3. The van der Waals surface area contributed by atoms with E-state index in [-0.39, 0.29) is 0 Å². The fourth-order valence-electron chi connectivity index (χ4n) is 3.33. The summed E-state index contributed by atoms with van der Waals surface area (Å²) in [7, 11) is 2.00. The molecule has 0 aliphatic rings. The number of thiocarbonyl (C=S) groups is 1. The predicted molar refractivity (Wildman–Crippen MR) is 128 cm³/mol. The molecule has 0 aliphatic heterocycles. The van der Waals surface area contributed by atoms with Crippen molar-refractivity contribution in [3.63, 3.8) is 0 Å². The molecule has 0 amide bonds. The third kappa shape index (κ3) is 4.42. The molecular weight excluding hydrogens is 388 g/mol.